The van der Waals surface area contributed by atoms with Crippen LogP contribution in [-0.2, 0) is 16.6 Å². The number of nitrogens with zero attached hydrogens (tertiary/aromatic N) is 2. The first kappa shape index (κ1) is 17.5. The number of pyridine rings is 1. The van der Waals surface area contributed by atoms with E-state index in [2.05, 4.69) is 30.3 Å². The molecule has 1 N–H and O–H groups in total. The van der Waals surface area contributed by atoms with Gasteiger partial charge in [-0.2, -0.15) is 5.10 Å². The third-order valence-corrected chi connectivity index (χ3v) is 5.02. The Morgan fingerprint density at radius 1 is 1.33 bits per heavy atom. The Bertz CT molecular complexity index is 1020. The van der Waals surface area contributed by atoms with E-state index in [1.807, 2.05) is 4.52 Å². The van der Waals surface area contributed by atoms with E-state index in [0.717, 1.165) is 34.6 Å². The molecule has 0 atom stereocenters. The van der Waals surface area contributed by atoms with Gasteiger partial charge in [-0.05, 0) is 42.7 Å². The van der Waals surface area contributed by atoms with E-state index in [4.69, 9.17) is 4.74 Å². The predicted molar refractivity (Wildman–Crippen MR) is 102 cm³/mol. The summed E-state index contributed by atoms with van der Waals surface area (Å²) in [6.45, 7) is 7.19. The van der Waals surface area contributed by atoms with Crippen LogP contribution in [0.5, 0.6) is 0 Å². The van der Waals surface area contributed by atoms with Crippen molar-refractivity contribution in [2.45, 2.75) is 32.6 Å². The lowest BCUT2D eigenvalue weighted by atomic mass is 9.90. The van der Waals surface area contributed by atoms with Gasteiger partial charge in [0, 0.05) is 12.0 Å². The number of ether oxygens (including phenoxy) is 1. The number of esters is 1. The van der Waals surface area contributed by atoms with Gasteiger partial charge in [0.2, 0.25) is 0 Å². The molecule has 5 nitrogen and oxygen atoms in total. The predicted octanol–water partition coefficient (Wildman–Crippen LogP) is 3.94. The fourth-order valence-corrected chi connectivity index (χ4v) is 3.75. The standard InChI is InChI=1S/C21H22FN3O2/c1-4-27-20(26)16-11-24-25-18(16)14(9-13-5-7-15(22)8-6-13)10-17-19(25)21(2,3)12-23-17/h5-8,10-11,23H,4,9,12H2,1-3H3. The largest absolute Gasteiger partial charge is 0.462 e. The summed E-state index contributed by atoms with van der Waals surface area (Å²) in [6, 6.07) is 8.49. The molecule has 0 saturated carbocycles. The zero-order valence-electron chi connectivity index (χ0n) is 15.7. The van der Waals surface area contributed by atoms with Crippen LogP contribution in [0.15, 0.2) is 36.5 Å². The maximum absolute atomic E-state index is 13.3. The van der Waals surface area contributed by atoms with Crippen LogP contribution < -0.4 is 5.32 Å². The Morgan fingerprint density at radius 2 is 2.07 bits per heavy atom. The van der Waals surface area contributed by atoms with Gasteiger partial charge >= 0.3 is 5.97 Å². The number of benzene rings is 1. The van der Waals surface area contributed by atoms with Crippen molar-refractivity contribution in [1.82, 2.24) is 9.61 Å². The molecule has 140 valence electrons. The second-order valence-corrected chi connectivity index (χ2v) is 7.51. The Labute approximate surface area is 157 Å². The number of fused-ring (bicyclic) bond motifs is 3. The SMILES string of the molecule is CCOC(=O)c1cnn2c3c(cc(Cc4ccc(F)cc4)c12)NCC3(C)C. The van der Waals surface area contributed by atoms with Crippen molar-refractivity contribution in [1.29, 1.82) is 0 Å². The Morgan fingerprint density at radius 3 is 2.78 bits per heavy atom. The topological polar surface area (TPSA) is 55.6 Å². The minimum absolute atomic E-state index is 0.111. The van der Waals surface area contributed by atoms with Crippen LogP contribution in [0, 0.1) is 5.82 Å². The molecule has 1 aromatic carbocycles. The molecule has 1 aliphatic rings. The first-order chi connectivity index (χ1) is 12.9. The van der Waals surface area contributed by atoms with Gasteiger partial charge in [0.15, 0.2) is 0 Å². The molecule has 0 radical (unpaired) electrons. The van der Waals surface area contributed by atoms with Crippen LogP contribution in [0.4, 0.5) is 10.1 Å². The summed E-state index contributed by atoms with van der Waals surface area (Å²) in [5.74, 6) is -0.644. The van der Waals surface area contributed by atoms with E-state index in [1.54, 1.807) is 25.3 Å². The maximum Gasteiger partial charge on any atom is 0.341 e. The lowest BCUT2D eigenvalue weighted by Crippen LogP contribution is -2.22. The van der Waals surface area contributed by atoms with E-state index < -0.39 is 0 Å². The summed E-state index contributed by atoms with van der Waals surface area (Å²) >= 11 is 0. The summed E-state index contributed by atoms with van der Waals surface area (Å²) in [5, 5.41) is 7.97. The van der Waals surface area contributed by atoms with E-state index >= 15 is 0 Å². The van der Waals surface area contributed by atoms with Crippen LogP contribution in [-0.4, -0.2) is 28.7 Å². The van der Waals surface area contributed by atoms with Gasteiger partial charge in [-0.1, -0.05) is 26.0 Å². The highest BCUT2D eigenvalue weighted by Gasteiger charge is 2.35. The Balaban J connectivity index is 1.91. The molecular formula is C21H22FN3O2. The minimum Gasteiger partial charge on any atom is -0.462 e. The van der Waals surface area contributed by atoms with Crippen molar-refractivity contribution >= 4 is 17.2 Å². The van der Waals surface area contributed by atoms with Crippen molar-refractivity contribution in [3.05, 3.63) is 64.7 Å². The van der Waals surface area contributed by atoms with Crippen LogP contribution in [0.25, 0.3) is 5.52 Å². The fraction of sp³-hybridized carbons (Fsp3) is 0.333. The molecule has 2 aromatic heterocycles. The summed E-state index contributed by atoms with van der Waals surface area (Å²) < 4.78 is 20.4. The summed E-state index contributed by atoms with van der Waals surface area (Å²) in [5.41, 5.74) is 5.09. The van der Waals surface area contributed by atoms with Crippen LogP contribution in [0.3, 0.4) is 0 Å². The first-order valence-corrected chi connectivity index (χ1v) is 9.10. The quantitative estimate of drug-likeness (QED) is 0.710. The van der Waals surface area contributed by atoms with E-state index in [-0.39, 0.29) is 17.2 Å². The molecule has 3 heterocycles. The average Bonchev–Trinajstić information content (AvgIpc) is 3.18. The third kappa shape index (κ3) is 2.95. The highest BCUT2D eigenvalue weighted by atomic mass is 19.1. The molecule has 0 aliphatic carbocycles. The molecule has 0 fully saturated rings. The van der Waals surface area contributed by atoms with Gasteiger partial charge in [0.1, 0.15) is 11.4 Å². The number of hydrogen-bond donors (Lipinski definition) is 1. The molecule has 0 spiro atoms. The Hall–Kier alpha value is -2.89. The van der Waals surface area contributed by atoms with E-state index in [0.29, 0.717) is 18.6 Å². The van der Waals surface area contributed by atoms with Crippen LogP contribution >= 0.6 is 0 Å². The molecule has 6 heteroatoms. The number of halogens is 1. The van der Waals surface area contributed by atoms with Crippen molar-refractivity contribution in [2.24, 2.45) is 0 Å². The lowest BCUT2D eigenvalue weighted by Gasteiger charge is -2.19. The van der Waals surface area contributed by atoms with Crippen LogP contribution in [0.2, 0.25) is 0 Å². The monoisotopic (exact) mass is 367 g/mol. The highest BCUT2D eigenvalue weighted by molar-refractivity contribution is 5.98. The number of hydrogen-bond acceptors (Lipinski definition) is 4. The minimum atomic E-state index is -0.378. The van der Waals surface area contributed by atoms with Gasteiger partial charge in [-0.3, -0.25) is 0 Å². The molecule has 0 amide bonds. The number of aromatic nitrogens is 2. The third-order valence-electron chi connectivity index (χ3n) is 5.02. The van der Waals surface area contributed by atoms with E-state index in [9.17, 15) is 9.18 Å². The zero-order chi connectivity index (χ0) is 19.2. The smallest absolute Gasteiger partial charge is 0.341 e. The van der Waals surface area contributed by atoms with Crippen LogP contribution in [0.1, 0.15) is 48.0 Å². The second-order valence-electron chi connectivity index (χ2n) is 7.51. The van der Waals surface area contributed by atoms with Crippen molar-refractivity contribution < 1.29 is 13.9 Å². The zero-order valence-corrected chi connectivity index (χ0v) is 15.7. The molecule has 3 aromatic rings. The molecule has 27 heavy (non-hydrogen) atoms. The van der Waals surface area contributed by atoms with Gasteiger partial charge < -0.3 is 10.1 Å². The number of anilines is 1. The van der Waals surface area contributed by atoms with E-state index in [1.165, 1.54) is 12.1 Å². The number of carbonyl (C=O) groups excluding carboxylic acids is 1. The highest BCUT2D eigenvalue weighted by Crippen LogP contribution is 2.39. The second kappa shape index (κ2) is 6.37. The maximum atomic E-state index is 13.3. The lowest BCUT2D eigenvalue weighted by molar-refractivity contribution is 0.0528. The van der Waals surface area contributed by atoms with Crippen molar-refractivity contribution in [3.63, 3.8) is 0 Å². The fourth-order valence-electron chi connectivity index (χ4n) is 3.75. The number of nitrogens with one attached hydrogen (secondary N) is 1. The van der Waals surface area contributed by atoms with Crippen molar-refractivity contribution in [3.8, 4) is 0 Å². The molecule has 0 saturated heterocycles. The molecular weight excluding hydrogens is 345 g/mol. The Kier molecular flexibility index (Phi) is 4.13. The molecule has 0 unspecified atom stereocenters. The van der Waals surface area contributed by atoms with Gasteiger partial charge in [0.25, 0.3) is 0 Å². The summed E-state index contributed by atoms with van der Waals surface area (Å²) in [6.07, 6.45) is 2.15. The van der Waals surface area contributed by atoms with Gasteiger partial charge in [-0.25, -0.2) is 13.7 Å². The average molecular weight is 367 g/mol. The first-order valence-electron chi connectivity index (χ1n) is 9.10. The van der Waals surface area contributed by atoms with Gasteiger partial charge in [0.05, 0.1) is 29.7 Å². The summed E-state index contributed by atoms with van der Waals surface area (Å²) in [4.78, 5) is 12.5. The van der Waals surface area contributed by atoms with Gasteiger partial charge in [-0.15, -0.1) is 0 Å². The number of carbonyl (C=O) groups is 1. The molecule has 1 aliphatic heterocycles. The van der Waals surface area contributed by atoms with Crippen molar-refractivity contribution in [2.75, 3.05) is 18.5 Å². The molecule has 0 bridgehead atoms. The number of rotatable bonds is 4. The normalized spacial score (nSPS) is 14.8. The summed E-state index contributed by atoms with van der Waals surface area (Å²) in [7, 11) is 0. The molecule has 4 rings (SSSR count).